The van der Waals surface area contributed by atoms with Crippen molar-refractivity contribution in [3.63, 3.8) is 0 Å². The van der Waals surface area contributed by atoms with E-state index in [0.29, 0.717) is 12.3 Å². The molecule has 0 amide bonds. The van der Waals surface area contributed by atoms with Gasteiger partial charge in [-0.05, 0) is 18.7 Å². The third-order valence-electron chi connectivity index (χ3n) is 4.57. The van der Waals surface area contributed by atoms with Gasteiger partial charge in [0.1, 0.15) is 6.33 Å². The Morgan fingerprint density at radius 3 is 2.61 bits per heavy atom. The van der Waals surface area contributed by atoms with E-state index in [0.717, 1.165) is 43.6 Å². The Kier molecular flexibility index (Phi) is 3.59. The van der Waals surface area contributed by atoms with E-state index in [4.69, 9.17) is 0 Å². The lowest BCUT2D eigenvalue weighted by molar-refractivity contribution is 0.105. The van der Waals surface area contributed by atoms with Crippen molar-refractivity contribution in [3.8, 4) is 0 Å². The van der Waals surface area contributed by atoms with E-state index in [1.807, 2.05) is 24.3 Å². The molecule has 3 aromatic rings. The van der Waals surface area contributed by atoms with Crippen LogP contribution in [0.15, 0.2) is 35.4 Å². The topological polar surface area (TPSA) is 58.7 Å². The van der Waals surface area contributed by atoms with Gasteiger partial charge < -0.3 is 4.90 Å². The molecule has 0 N–H and O–H groups in total. The van der Waals surface area contributed by atoms with Crippen LogP contribution in [0.4, 0.5) is 0 Å². The molecule has 1 saturated heterocycles. The molecule has 0 unspecified atom stereocenters. The highest BCUT2D eigenvalue weighted by atomic mass is 16.2. The third kappa shape index (κ3) is 2.51. The molecule has 0 spiro atoms. The highest BCUT2D eigenvalue weighted by Gasteiger charge is 2.18. The highest BCUT2D eigenvalue weighted by Crippen LogP contribution is 2.14. The second kappa shape index (κ2) is 5.75. The predicted molar refractivity (Wildman–Crippen MR) is 88.4 cm³/mol. The fourth-order valence-electron chi connectivity index (χ4n) is 3.13. The Morgan fingerprint density at radius 1 is 1.09 bits per heavy atom. The molecular weight excluding hydrogens is 292 g/mol. The molecule has 0 aliphatic carbocycles. The van der Waals surface area contributed by atoms with Crippen LogP contribution in [0, 0.1) is 0 Å². The first-order chi connectivity index (χ1) is 11.3. The molecule has 4 rings (SSSR count). The van der Waals surface area contributed by atoms with E-state index in [2.05, 4.69) is 26.8 Å². The van der Waals surface area contributed by atoms with Crippen LogP contribution in [0.1, 0.15) is 6.92 Å². The molecule has 0 saturated carbocycles. The van der Waals surface area contributed by atoms with Crippen LogP contribution >= 0.6 is 0 Å². The van der Waals surface area contributed by atoms with Crippen LogP contribution in [0.2, 0.25) is 0 Å². The van der Waals surface area contributed by atoms with Crippen LogP contribution < -0.4 is 5.69 Å². The first-order valence-corrected chi connectivity index (χ1v) is 8.04. The Labute approximate surface area is 133 Å². The average molecular weight is 312 g/mol. The zero-order valence-electron chi connectivity index (χ0n) is 13.2. The first kappa shape index (κ1) is 14.3. The second-order valence-corrected chi connectivity index (χ2v) is 5.93. The van der Waals surface area contributed by atoms with E-state index in [1.165, 1.54) is 4.40 Å². The molecule has 120 valence electrons. The summed E-state index contributed by atoms with van der Waals surface area (Å²) in [5.41, 5.74) is 1.40. The number of hydrogen-bond acceptors (Lipinski definition) is 5. The van der Waals surface area contributed by atoms with Crippen molar-refractivity contribution >= 4 is 16.6 Å². The van der Waals surface area contributed by atoms with Crippen molar-refractivity contribution < 1.29 is 0 Å². The number of aromatic nitrogens is 4. The maximum absolute atomic E-state index is 12.6. The summed E-state index contributed by atoms with van der Waals surface area (Å²) < 4.78 is 3.08. The van der Waals surface area contributed by atoms with Crippen molar-refractivity contribution in [2.45, 2.75) is 13.6 Å². The maximum Gasteiger partial charge on any atom is 0.352 e. The molecule has 1 aromatic carbocycles. The van der Waals surface area contributed by atoms with Crippen molar-refractivity contribution in [1.82, 2.24) is 29.0 Å². The van der Waals surface area contributed by atoms with Gasteiger partial charge in [0.05, 0.1) is 12.2 Å². The van der Waals surface area contributed by atoms with Gasteiger partial charge in [-0.25, -0.2) is 14.2 Å². The largest absolute Gasteiger partial charge is 0.352 e. The number of piperazine rings is 1. The third-order valence-corrected chi connectivity index (χ3v) is 4.57. The minimum absolute atomic E-state index is 0.129. The molecule has 0 atom stereocenters. The van der Waals surface area contributed by atoms with E-state index in [-0.39, 0.29) is 5.69 Å². The van der Waals surface area contributed by atoms with Gasteiger partial charge in [-0.3, -0.25) is 4.90 Å². The molecule has 1 aliphatic heterocycles. The molecule has 23 heavy (non-hydrogen) atoms. The van der Waals surface area contributed by atoms with Gasteiger partial charge in [-0.15, -0.1) is 5.10 Å². The number of likely N-dealkylation sites (N-methyl/N-ethyl adjacent to an activating group) is 1. The Morgan fingerprint density at radius 2 is 1.83 bits per heavy atom. The number of nitrogens with zero attached hydrogens (tertiary/aromatic N) is 6. The lowest BCUT2D eigenvalue weighted by Crippen LogP contribution is -2.47. The molecular formula is C16H20N6O. The maximum atomic E-state index is 12.6. The predicted octanol–water partition coefficient (Wildman–Crippen LogP) is 0.639. The summed E-state index contributed by atoms with van der Waals surface area (Å²) in [6.45, 7) is 7.82. The van der Waals surface area contributed by atoms with E-state index < -0.39 is 0 Å². The molecule has 0 bridgehead atoms. The van der Waals surface area contributed by atoms with Crippen LogP contribution in [-0.4, -0.2) is 61.7 Å². The number of hydrogen-bond donors (Lipinski definition) is 0. The lowest BCUT2D eigenvalue weighted by Gasteiger charge is -2.33. The standard InChI is InChI=1S/C16H20N6O/c1-2-19-7-9-20(10-8-19)12-22-16(23)21-11-17-14-6-4-3-5-13(14)15(21)18-22/h3-6,11H,2,7-10,12H2,1H3. The number of para-hydroxylation sites is 1. The van der Waals surface area contributed by atoms with Gasteiger partial charge >= 0.3 is 5.69 Å². The van der Waals surface area contributed by atoms with Crippen LogP contribution in [0.3, 0.4) is 0 Å². The molecule has 0 radical (unpaired) electrons. The molecule has 7 heteroatoms. The van der Waals surface area contributed by atoms with Gasteiger partial charge in [0.15, 0.2) is 5.65 Å². The van der Waals surface area contributed by atoms with Gasteiger partial charge in [-0.1, -0.05) is 19.1 Å². The SMILES string of the molecule is CCN1CCN(Cn2nc3c4ccccc4ncn3c2=O)CC1. The minimum Gasteiger partial charge on any atom is -0.301 e. The van der Waals surface area contributed by atoms with E-state index >= 15 is 0 Å². The van der Waals surface area contributed by atoms with Crippen molar-refractivity contribution in [2.24, 2.45) is 0 Å². The molecule has 7 nitrogen and oxygen atoms in total. The summed E-state index contributed by atoms with van der Waals surface area (Å²) in [7, 11) is 0. The molecule has 2 aromatic heterocycles. The number of benzene rings is 1. The molecule has 1 fully saturated rings. The van der Waals surface area contributed by atoms with Crippen molar-refractivity contribution in [3.05, 3.63) is 41.1 Å². The molecule has 3 heterocycles. The zero-order valence-corrected chi connectivity index (χ0v) is 13.2. The summed E-state index contributed by atoms with van der Waals surface area (Å²) in [4.78, 5) is 21.6. The first-order valence-electron chi connectivity index (χ1n) is 8.04. The summed E-state index contributed by atoms with van der Waals surface area (Å²) in [5.74, 6) is 0. The Balaban J connectivity index is 1.67. The normalized spacial score (nSPS) is 17.3. The smallest absolute Gasteiger partial charge is 0.301 e. The Bertz CT molecular complexity index is 890. The highest BCUT2D eigenvalue weighted by molar-refractivity contribution is 5.90. The van der Waals surface area contributed by atoms with Gasteiger partial charge in [0, 0.05) is 31.6 Å². The Hall–Kier alpha value is -2.25. The lowest BCUT2D eigenvalue weighted by atomic mass is 10.2. The van der Waals surface area contributed by atoms with E-state index in [1.54, 1.807) is 11.0 Å². The quantitative estimate of drug-likeness (QED) is 0.710. The van der Waals surface area contributed by atoms with Gasteiger partial charge in [-0.2, -0.15) is 4.68 Å². The monoisotopic (exact) mass is 312 g/mol. The van der Waals surface area contributed by atoms with Crippen molar-refractivity contribution in [2.75, 3.05) is 32.7 Å². The number of rotatable bonds is 3. The summed E-state index contributed by atoms with van der Waals surface area (Å²) >= 11 is 0. The minimum atomic E-state index is -0.129. The fourth-order valence-corrected chi connectivity index (χ4v) is 3.13. The van der Waals surface area contributed by atoms with Crippen LogP contribution in [0.5, 0.6) is 0 Å². The van der Waals surface area contributed by atoms with Gasteiger partial charge in [0.25, 0.3) is 0 Å². The summed E-state index contributed by atoms with van der Waals surface area (Å²) in [6, 6.07) is 7.77. The van der Waals surface area contributed by atoms with Crippen molar-refractivity contribution in [1.29, 1.82) is 0 Å². The van der Waals surface area contributed by atoms with Crippen LogP contribution in [0.25, 0.3) is 16.6 Å². The molecule has 1 aliphatic rings. The fraction of sp³-hybridized carbons (Fsp3) is 0.438. The summed E-state index contributed by atoms with van der Waals surface area (Å²) in [6.07, 6.45) is 1.57. The van der Waals surface area contributed by atoms with Crippen LogP contribution in [-0.2, 0) is 6.67 Å². The van der Waals surface area contributed by atoms with E-state index in [9.17, 15) is 4.79 Å². The summed E-state index contributed by atoms with van der Waals surface area (Å²) in [5, 5.41) is 5.45. The van der Waals surface area contributed by atoms with Gasteiger partial charge in [0.2, 0.25) is 0 Å². The average Bonchev–Trinajstić information content (AvgIpc) is 2.92. The zero-order chi connectivity index (χ0) is 15.8. The number of fused-ring (bicyclic) bond motifs is 3. The second-order valence-electron chi connectivity index (χ2n) is 5.93.